The predicted octanol–water partition coefficient (Wildman–Crippen LogP) is 1.52. The Morgan fingerprint density at radius 3 is 2.23 bits per heavy atom. The lowest BCUT2D eigenvalue weighted by atomic mass is 9.84. The van der Waals surface area contributed by atoms with E-state index in [0.717, 1.165) is 38.4 Å². The fourth-order valence-electron chi connectivity index (χ4n) is 7.26. The summed E-state index contributed by atoms with van der Waals surface area (Å²) in [5, 5.41) is 16.5. The van der Waals surface area contributed by atoms with Gasteiger partial charge in [-0.15, -0.1) is 0 Å². The zero-order chi connectivity index (χ0) is 34.3. The van der Waals surface area contributed by atoms with Crippen LogP contribution in [-0.4, -0.2) is 90.9 Å². The van der Waals surface area contributed by atoms with Crippen molar-refractivity contribution in [2.75, 3.05) is 12.8 Å². The van der Waals surface area contributed by atoms with Gasteiger partial charge < -0.3 is 31.7 Å². The number of nitrogens with zero attached hydrogens (tertiary/aromatic N) is 1. The third-order valence-electron chi connectivity index (χ3n) is 9.62. The number of amides is 5. The highest BCUT2D eigenvalue weighted by Crippen LogP contribution is 2.43. The molecule has 5 amide bonds. The molecule has 6 N–H and O–H groups in total. The molecule has 1 heterocycles. The Morgan fingerprint density at radius 2 is 1.62 bits per heavy atom. The number of carbonyl (C=O) groups is 6. The van der Waals surface area contributed by atoms with Crippen LogP contribution >= 0.6 is 0 Å². The van der Waals surface area contributed by atoms with Gasteiger partial charge in [-0.3, -0.25) is 24.0 Å². The zero-order valence-corrected chi connectivity index (χ0v) is 27.4. The molecule has 3 unspecified atom stereocenters. The number of Topliss-reactive ketones (excluding diaryl/α,β-unsaturated/α-hetero) is 1. The molecule has 1 aliphatic heterocycles. The molecule has 3 fully saturated rings. The molecule has 2 bridgehead atoms. The SMILES string of the molecule is CS(=O)(=O)c1ccc(C(=O)N[C@H](CC2CCCCC2)C(=O)N2C3CCC(C3)[C@H]2C(=O)NC(CCCCNC(=O)O)C(=O)C(N)=O)cc1. The van der Waals surface area contributed by atoms with Crippen LogP contribution in [0.25, 0.3) is 0 Å². The number of primary amides is 1. The van der Waals surface area contributed by atoms with Crippen molar-refractivity contribution in [3.8, 4) is 0 Å². The van der Waals surface area contributed by atoms with Crippen LogP contribution in [0.3, 0.4) is 0 Å². The van der Waals surface area contributed by atoms with Crippen LogP contribution in [0.1, 0.15) is 87.4 Å². The van der Waals surface area contributed by atoms with E-state index in [1.165, 1.54) is 24.3 Å². The number of sulfone groups is 1. The zero-order valence-electron chi connectivity index (χ0n) is 26.6. The smallest absolute Gasteiger partial charge is 0.404 e. The number of hydrogen-bond acceptors (Lipinski definition) is 8. The Hall–Kier alpha value is -4.01. The van der Waals surface area contributed by atoms with Crippen LogP contribution in [0.4, 0.5) is 4.79 Å². The average molecular weight is 676 g/mol. The second-order valence-electron chi connectivity index (χ2n) is 13.0. The van der Waals surface area contributed by atoms with E-state index < -0.39 is 57.6 Å². The Balaban J connectivity index is 1.52. The molecule has 5 atom stereocenters. The summed E-state index contributed by atoms with van der Waals surface area (Å²) in [4.78, 5) is 78.3. The monoisotopic (exact) mass is 675 g/mol. The lowest BCUT2D eigenvalue weighted by molar-refractivity contribution is -0.146. The molecule has 1 aromatic rings. The van der Waals surface area contributed by atoms with Crippen LogP contribution in [0.15, 0.2) is 29.2 Å². The van der Waals surface area contributed by atoms with Crippen molar-refractivity contribution in [1.29, 1.82) is 0 Å². The van der Waals surface area contributed by atoms with Gasteiger partial charge in [-0.05, 0) is 81.0 Å². The number of nitrogens with two attached hydrogens (primary N) is 1. The minimum absolute atomic E-state index is 0.0576. The number of nitrogens with one attached hydrogen (secondary N) is 3. The third kappa shape index (κ3) is 9.30. The largest absolute Gasteiger partial charge is 0.465 e. The van der Waals surface area contributed by atoms with E-state index in [4.69, 9.17) is 10.8 Å². The van der Waals surface area contributed by atoms with Gasteiger partial charge >= 0.3 is 6.09 Å². The van der Waals surface area contributed by atoms with Crippen LogP contribution in [-0.2, 0) is 29.0 Å². The molecule has 4 rings (SSSR count). The van der Waals surface area contributed by atoms with E-state index in [-0.39, 0.29) is 47.2 Å². The summed E-state index contributed by atoms with van der Waals surface area (Å²) in [5.74, 6) is -3.65. The first kappa shape index (κ1) is 35.8. The Labute approximate surface area is 274 Å². The second kappa shape index (κ2) is 15.7. The standard InChI is InChI=1S/C32H45N5O9S/c1-47(45,46)23-14-11-20(12-15-23)29(40)36-25(17-19-7-3-2-4-8-19)31(42)37-22-13-10-21(18-22)26(37)30(41)35-24(27(38)28(33)39)9-5-6-16-34-32(43)44/h11-12,14-15,19,21-22,24-26,34H,2-10,13,16-18H2,1H3,(H2,33,39)(H,35,41)(H,36,40)(H,43,44)/t21?,22?,24?,25-,26+/m1/s1. The number of ketones is 1. The van der Waals surface area contributed by atoms with Gasteiger partial charge in [0.25, 0.3) is 11.8 Å². The molecule has 1 saturated heterocycles. The average Bonchev–Trinajstić information content (AvgIpc) is 3.65. The number of carboxylic acid groups (broad SMARTS) is 1. The van der Waals surface area contributed by atoms with Crippen LogP contribution < -0.4 is 21.7 Å². The highest BCUT2D eigenvalue weighted by Gasteiger charge is 2.53. The molecule has 0 aromatic heterocycles. The van der Waals surface area contributed by atoms with Gasteiger partial charge in [0.1, 0.15) is 12.1 Å². The molecule has 1 aromatic carbocycles. The summed E-state index contributed by atoms with van der Waals surface area (Å²) in [6.07, 6.45) is 7.98. The lowest BCUT2D eigenvalue weighted by Crippen LogP contribution is -2.60. The van der Waals surface area contributed by atoms with E-state index in [0.29, 0.717) is 38.5 Å². The summed E-state index contributed by atoms with van der Waals surface area (Å²) in [6.45, 7) is 0.130. The molecular formula is C32H45N5O9S. The molecule has 0 radical (unpaired) electrons. The Morgan fingerprint density at radius 1 is 0.936 bits per heavy atom. The minimum atomic E-state index is -3.46. The molecule has 47 heavy (non-hydrogen) atoms. The van der Waals surface area contributed by atoms with Crippen molar-refractivity contribution in [3.63, 3.8) is 0 Å². The summed E-state index contributed by atoms with van der Waals surface area (Å²) in [7, 11) is -3.46. The molecule has 15 heteroatoms. The topological polar surface area (TPSA) is 222 Å². The molecule has 2 saturated carbocycles. The summed E-state index contributed by atoms with van der Waals surface area (Å²) >= 11 is 0. The first-order valence-electron chi connectivity index (χ1n) is 16.3. The fourth-order valence-corrected chi connectivity index (χ4v) is 7.89. The quantitative estimate of drug-likeness (QED) is 0.134. The van der Waals surface area contributed by atoms with Gasteiger partial charge in [0.15, 0.2) is 9.84 Å². The van der Waals surface area contributed by atoms with E-state index in [1.807, 2.05) is 0 Å². The molecule has 14 nitrogen and oxygen atoms in total. The van der Waals surface area contributed by atoms with Gasteiger partial charge in [0.2, 0.25) is 17.6 Å². The fraction of sp³-hybridized carbons (Fsp3) is 0.625. The van der Waals surface area contributed by atoms with E-state index in [9.17, 15) is 37.2 Å². The van der Waals surface area contributed by atoms with Crippen molar-refractivity contribution in [1.82, 2.24) is 20.9 Å². The van der Waals surface area contributed by atoms with E-state index >= 15 is 0 Å². The predicted molar refractivity (Wildman–Crippen MR) is 170 cm³/mol. The molecule has 258 valence electrons. The minimum Gasteiger partial charge on any atom is -0.465 e. The number of carbonyl (C=O) groups excluding carboxylic acids is 5. The highest BCUT2D eigenvalue weighted by molar-refractivity contribution is 7.90. The normalized spacial score (nSPS) is 22.2. The van der Waals surface area contributed by atoms with Gasteiger partial charge in [-0.1, -0.05) is 32.1 Å². The van der Waals surface area contributed by atoms with E-state index in [2.05, 4.69) is 16.0 Å². The number of fused-ring (bicyclic) bond motifs is 2. The van der Waals surface area contributed by atoms with Crippen molar-refractivity contribution in [2.24, 2.45) is 17.6 Å². The number of piperidine rings is 1. The van der Waals surface area contributed by atoms with Gasteiger partial charge in [0.05, 0.1) is 10.9 Å². The molecule has 3 aliphatic rings. The van der Waals surface area contributed by atoms with Crippen molar-refractivity contribution >= 4 is 45.3 Å². The van der Waals surface area contributed by atoms with Gasteiger partial charge in [-0.2, -0.15) is 0 Å². The maximum atomic E-state index is 14.4. The third-order valence-corrected chi connectivity index (χ3v) is 10.8. The van der Waals surface area contributed by atoms with Crippen LogP contribution in [0.2, 0.25) is 0 Å². The van der Waals surface area contributed by atoms with E-state index in [1.54, 1.807) is 4.90 Å². The van der Waals surface area contributed by atoms with Crippen LogP contribution in [0.5, 0.6) is 0 Å². The van der Waals surface area contributed by atoms with Crippen molar-refractivity contribution in [3.05, 3.63) is 29.8 Å². The number of likely N-dealkylation sites (tertiary alicyclic amines) is 1. The van der Waals surface area contributed by atoms with Crippen molar-refractivity contribution < 1.29 is 42.3 Å². The Kier molecular flexibility index (Phi) is 12.0. The summed E-state index contributed by atoms with van der Waals surface area (Å²) in [5.41, 5.74) is 5.46. The van der Waals surface area contributed by atoms with Gasteiger partial charge in [0, 0.05) is 24.4 Å². The van der Waals surface area contributed by atoms with Crippen LogP contribution in [0, 0.1) is 11.8 Å². The Bertz CT molecular complexity index is 1460. The first-order valence-corrected chi connectivity index (χ1v) is 18.2. The number of unbranched alkanes of at least 4 members (excludes halogenated alkanes) is 1. The van der Waals surface area contributed by atoms with Gasteiger partial charge in [-0.25, -0.2) is 13.2 Å². The van der Waals surface area contributed by atoms with Crippen molar-refractivity contribution in [2.45, 2.75) is 106 Å². The molecule has 2 aliphatic carbocycles. The first-order chi connectivity index (χ1) is 22.3. The summed E-state index contributed by atoms with van der Waals surface area (Å²) in [6, 6.07) is 2.19. The number of rotatable bonds is 15. The number of hydrogen-bond donors (Lipinski definition) is 5. The highest BCUT2D eigenvalue weighted by atomic mass is 32.2. The summed E-state index contributed by atoms with van der Waals surface area (Å²) < 4.78 is 23.8. The molecular weight excluding hydrogens is 630 g/mol. The maximum absolute atomic E-state index is 14.4. The number of benzene rings is 1. The lowest BCUT2D eigenvalue weighted by Gasteiger charge is -2.38. The second-order valence-corrected chi connectivity index (χ2v) is 15.0. The maximum Gasteiger partial charge on any atom is 0.404 e. The molecule has 0 spiro atoms.